The molecule has 0 spiro atoms. The van der Waals surface area contributed by atoms with Crippen LogP contribution in [0.4, 0.5) is 0 Å². The standard InChI is InChI=1S/C12H21N/c1-4-7-12(2,3)8-5-11-6-9-13-10-11/h6,9-11H,4-5,7-8H2,1-3H3. The molecule has 1 heterocycles. The minimum absolute atomic E-state index is 0.513. The van der Waals surface area contributed by atoms with Crippen LogP contribution in [-0.2, 0) is 0 Å². The van der Waals surface area contributed by atoms with Gasteiger partial charge in [-0.05, 0) is 24.7 Å². The van der Waals surface area contributed by atoms with Crippen LogP contribution in [0.5, 0.6) is 0 Å². The summed E-state index contributed by atoms with van der Waals surface area (Å²) in [5, 5.41) is 0. The second-order valence-electron chi connectivity index (χ2n) is 4.76. The van der Waals surface area contributed by atoms with Crippen molar-refractivity contribution in [3.63, 3.8) is 0 Å². The predicted octanol–water partition coefficient (Wildman–Crippen LogP) is 3.81. The highest BCUT2D eigenvalue weighted by molar-refractivity contribution is 5.66. The van der Waals surface area contributed by atoms with Gasteiger partial charge in [0.05, 0.1) is 0 Å². The summed E-state index contributed by atoms with van der Waals surface area (Å²) in [6.45, 7) is 7.00. The molecule has 0 aromatic carbocycles. The summed E-state index contributed by atoms with van der Waals surface area (Å²) >= 11 is 0. The van der Waals surface area contributed by atoms with Gasteiger partial charge in [-0.2, -0.15) is 0 Å². The number of rotatable bonds is 5. The Bertz CT molecular complexity index is 189. The predicted molar refractivity (Wildman–Crippen MR) is 59.0 cm³/mol. The average Bonchev–Trinajstić information content (AvgIpc) is 2.52. The zero-order valence-electron chi connectivity index (χ0n) is 9.09. The fraction of sp³-hybridized carbons (Fsp3) is 0.750. The van der Waals surface area contributed by atoms with Crippen LogP contribution in [0.1, 0.15) is 46.5 Å². The first kappa shape index (κ1) is 10.5. The van der Waals surface area contributed by atoms with Crippen molar-refractivity contribution in [3.05, 3.63) is 12.3 Å². The molecule has 0 aliphatic carbocycles. The van der Waals surface area contributed by atoms with E-state index in [1.54, 1.807) is 0 Å². The van der Waals surface area contributed by atoms with E-state index in [0.717, 1.165) is 0 Å². The summed E-state index contributed by atoms with van der Waals surface area (Å²) in [7, 11) is 0. The zero-order chi connectivity index (χ0) is 9.73. The van der Waals surface area contributed by atoms with Gasteiger partial charge >= 0.3 is 0 Å². The molecule has 1 rings (SSSR count). The highest BCUT2D eigenvalue weighted by Gasteiger charge is 2.18. The Morgan fingerprint density at radius 2 is 2.08 bits per heavy atom. The highest BCUT2D eigenvalue weighted by atomic mass is 14.7. The summed E-state index contributed by atoms with van der Waals surface area (Å²) in [5.41, 5.74) is 0.513. The van der Waals surface area contributed by atoms with E-state index in [-0.39, 0.29) is 0 Å². The van der Waals surface area contributed by atoms with Crippen LogP contribution >= 0.6 is 0 Å². The number of aliphatic imine (C=N–C) groups is 1. The van der Waals surface area contributed by atoms with Crippen LogP contribution < -0.4 is 0 Å². The number of allylic oxidation sites excluding steroid dienone is 1. The van der Waals surface area contributed by atoms with E-state index in [4.69, 9.17) is 0 Å². The third-order valence-electron chi connectivity index (χ3n) is 2.78. The normalized spacial score (nSPS) is 21.3. The molecule has 0 fully saturated rings. The van der Waals surface area contributed by atoms with Crippen LogP contribution in [-0.4, -0.2) is 6.21 Å². The van der Waals surface area contributed by atoms with Gasteiger partial charge in [-0.15, -0.1) is 0 Å². The van der Waals surface area contributed by atoms with Gasteiger partial charge in [-0.3, -0.25) is 4.99 Å². The number of nitrogens with zero attached hydrogens (tertiary/aromatic N) is 1. The lowest BCUT2D eigenvalue weighted by molar-refractivity contribution is 0.291. The maximum atomic E-state index is 4.11. The van der Waals surface area contributed by atoms with Gasteiger partial charge in [-0.1, -0.05) is 33.3 Å². The molecule has 1 heteroatoms. The van der Waals surface area contributed by atoms with Crippen molar-refractivity contribution in [1.29, 1.82) is 0 Å². The van der Waals surface area contributed by atoms with Crippen LogP contribution in [0.2, 0.25) is 0 Å². The van der Waals surface area contributed by atoms with Crippen molar-refractivity contribution < 1.29 is 0 Å². The molecule has 1 unspecified atom stereocenters. The molecule has 13 heavy (non-hydrogen) atoms. The molecule has 1 nitrogen and oxygen atoms in total. The van der Waals surface area contributed by atoms with Crippen LogP contribution in [0.3, 0.4) is 0 Å². The molecule has 0 bridgehead atoms. The maximum absolute atomic E-state index is 4.11. The third kappa shape index (κ3) is 3.75. The lowest BCUT2D eigenvalue weighted by Gasteiger charge is -2.24. The lowest BCUT2D eigenvalue weighted by Crippen LogP contribution is -2.12. The van der Waals surface area contributed by atoms with Crippen LogP contribution in [0, 0.1) is 11.3 Å². The first-order valence-electron chi connectivity index (χ1n) is 5.34. The van der Waals surface area contributed by atoms with Gasteiger partial charge in [0.25, 0.3) is 0 Å². The fourth-order valence-electron chi connectivity index (χ4n) is 1.90. The topological polar surface area (TPSA) is 12.4 Å². The average molecular weight is 179 g/mol. The molecule has 0 amide bonds. The van der Waals surface area contributed by atoms with Crippen LogP contribution in [0.25, 0.3) is 0 Å². The molecular weight excluding hydrogens is 158 g/mol. The Hall–Kier alpha value is -0.590. The second-order valence-corrected chi connectivity index (χ2v) is 4.76. The van der Waals surface area contributed by atoms with Crippen molar-refractivity contribution in [1.82, 2.24) is 0 Å². The van der Waals surface area contributed by atoms with Gasteiger partial charge in [0, 0.05) is 18.3 Å². The molecular formula is C12H21N. The van der Waals surface area contributed by atoms with E-state index >= 15 is 0 Å². The number of hydrogen-bond donors (Lipinski definition) is 0. The maximum Gasteiger partial charge on any atom is 0.0230 e. The molecule has 0 aromatic heterocycles. The monoisotopic (exact) mass is 179 g/mol. The molecule has 1 aliphatic rings. The number of hydrogen-bond acceptors (Lipinski definition) is 1. The van der Waals surface area contributed by atoms with Gasteiger partial charge in [-0.25, -0.2) is 0 Å². The fourth-order valence-corrected chi connectivity index (χ4v) is 1.90. The SMILES string of the molecule is CCCC(C)(C)CCC1C=CN=C1. The first-order valence-corrected chi connectivity index (χ1v) is 5.34. The van der Waals surface area contributed by atoms with Gasteiger partial charge in [0.1, 0.15) is 0 Å². The summed E-state index contributed by atoms with van der Waals surface area (Å²) in [6, 6.07) is 0. The van der Waals surface area contributed by atoms with Gasteiger partial charge in [0.2, 0.25) is 0 Å². The summed E-state index contributed by atoms with van der Waals surface area (Å²) in [6.07, 6.45) is 11.4. The van der Waals surface area contributed by atoms with Crippen molar-refractivity contribution in [2.75, 3.05) is 0 Å². The minimum atomic E-state index is 0.513. The van der Waals surface area contributed by atoms with E-state index in [2.05, 4.69) is 38.1 Å². The van der Waals surface area contributed by atoms with E-state index in [9.17, 15) is 0 Å². The van der Waals surface area contributed by atoms with Crippen molar-refractivity contribution in [2.45, 2.75) is 46.5 Å². The van der Waals surface area contributed by atoms with E-state index in [1.807, 2.05) is 6.20 Å². The molecule has 0 saturated heterocycles. The van der Waals surface area contributed by atoms with Crippen molar-refractivity contribution >= 4 is 6.21 Å². The molecule has 1 aliphatic heterocycles. The minimum Gasteiger partial charge on any atom is -0.269 e. The molecule has 0 radical (unpaired) electrons. The van der Waals surface area contributed by atoms with Gasteiger partial charge in [0.15, 0.2) is 0 Å². The van der Waals surface area contributed by atoms with E-state index < -0.39 is 0 Å². The first-order chi connectivity index (χ1) is 6.14. The van der Waals surface area contributed by atoms with Crippen molar-refractivity contribution in [2.24, 2.45) is 16.3 Å². The van der Waals surface area contributed by atoms with E-state index in [1.165, 1.54) is 25.7 Å². The van der Waals surface area contributed by atoms with Gasteiger partial charge < -0.3 is 0 Å². The third-order valence-corrected chi connectivity index (χ3v) is 2.78. The molecule has 0 N–H and O–H groups in total. The smallest absolute Gasteiger partial charge is 0.0230 e. The second kappa shape index (κ2) is 4.59. The largest absolute Gasteiger partial charge is 0.269 e. The Morgan fingerprint density at radius 1 is 1.31 bits per heavy atom. The summed E-state index contributed by atoms with van der Waals surface area (Å²) < 4.78 is 0. The molecule has 0 aromatic rings. The molecule has 0 saturated carbocycles. The molecule has 74 valence electrons. The summed E-state index contributed by atoms with van der Waals surface area (Å²) in [5.74, 6) is 0.608. The highest BCUT2D eigenvalue weighted by Crippen LogP contribution is 2.30. The Kier molecular flexibility index (Phi) is 3.71. The summed E-state index contributed by atoms with van der Waals surface area (Å²) in [4.78, 5) is 4.11. The zero-order valence-corrected chi connectivity index (χ0v) is 9.09. The van der Waals surface area contributed by atoms with Crippen molar-refractivity contribution in [3.8, 4) is 0 Å². The Morgan fingerprint density at radius 3 is 2.62 bits per heavy atom. The Balaban J connectivity index is 2.24. The lowest BCUT2D eigenvalue weighted by atomic mass is 9.81. The molecule has 1 atom stereocenters. The Labute approximate surface area is 82.0 Å². The van der Waals surface area contributed by atoms with E-state index in [0.29, 0.717) is 11.3 Å². The van der Waals surface area contributed by atoms with Crippen LogP contribution in [0.15, 0.2) is 17.3 Å². The quantitative estimate of drug-likeness (QED) is 0.608.